The first-order valence-corrected chi connectivity index (χ1v) is 10.6. The van der Waals surface area contributed by atoms with Crippen molar-refractivity contribution in [3.63, 3.8) is 0 Å². The molecule has 1 aromatic rings. The summed E-state index contributed by atoms with van der Waals surface area (Å²) in [4.78, 5) is 4.78. The molecule has 1 aliphatic rings. The molecule has 7 nitrogen and oxygen atoms in total. The van der Waals surface area contributed by atoms with E-state index in [0.29, 0.717) is 6.04 Å². The van der Waals surface area contributed by atoms with Gasteiger partial charge in [-0.2, -0.15) is 0 Å². The second kappa shape index (κ2) is 12.0. The first-order valence-electron chi connectivity index (χ1n) is 10.6. The molecule has 1 fully saturated rings. The Morgan fingerprint density at radius 2 is 2.22 bits per heavy atom. The molecule has 0 amide bonds. The highest BCUT2D eigenvalue weighted by Gasteiger charge is 2.15. The number of hydrogen-bond acceptors (Lipinski definition) is 4. The number of hydrogen-bond donors (Lipinski definition) is 2. The van der Waals surface area contributed by atoms with E-state index in [4.69, 9.17) is 9.73 Å². The highest BCUT2D eigenvalue weighted by Crippen LogP contribution is 2.12. The minimum Gasteiger partial charge on any atom is -0.376 e. The normalized spacial score (nSPS) is 18.9. The fourth-order valence-electron chi connectivity index (χ4n) is 3.31. The van der Waals surface area contributed by atoms with E-state index in [1.165, 1.54) is 12.8 Å². The largest absolute Gasteiger partial charge is 0.376 e. The van der Waals surface area contributed by atoms with E-state index in [1.807, 2.05) is 0 Å². The van der Waals surface area contributed by atoms with Crippen molar-refractivity contribution in [3.8, 4) is 0 Å². The maximum atomic E-state index is 5.71. The highest BCUT2D eigenvalue weighted by molar-refractivity contribution is 5.80. The average Bonchev–Trinajstić information content (AvgIpc) is 3.30. The first-order chi connectivity index (χ1) is 13.1. The van der Waals surface area contributed by atoms with E-state index in [-0.39, 0.29) is 6.10 Å². The molecule has 0 spiro atoms. The highest BCUT2D eigenvalue weighted by atomic mass is 16.5. The summed E-state index contributed by atoms with van der Waals surface area (Å²) >= 11 is 0. The predicted molar refractivity (Wildman–Crippen MR) is 110 cm³/mol. The van der Waals surface area contributed by atoms with E-state index >= 15 is 0 Å². The van der Waals surface area contributed by atoms with Crippen LogP contribution in [0.4, 0.5) is 0 Å². The van der Waals surface area contributed by atoms with Crippen molar-refractivity contribution in [2.24, 2.45) is 10.9 Å². The Bertz CT molecular complexity index is 550. The Hall–Kier alpha value is -1.63. The second-order valence-electron chi connectivity index (χ2n) is 7.92. The lowest BCUT2D eigenvalue weighted by Gasteiger charge is -2.19. The predicted octanol–water partition coefficient (Wildman–Crippen LogP) is 2.77. The molecule has 7 heteroatoms. The standard InChI is InChI=1S/C20H38N6O/c1-5-19-25-23-15-26(19)12-11-21-20(22-14-18-10-7-13-27-18)24-17(4)9-6-8-16(2)3/h15-18H,5-14H2,1-4H3,(H2,21,22,24). The maximum Gasteiger partial charge on any atom is 0.191 e. The maximum absolute atomic E-state index is 5.71. The number of guanidine groups is 1. The summed E-state index contributed by atoms with van der Waals surface area (Å²) in [6.45, 7) is 12.1. The van der Waals surface area contributed by atoms with Crippen LogP contribution in [-0.4, -0.2) is 52.6 Å². The Morgan fingerprint density at radius 1 is 1.37 bits per heavy atom. The van der Waals surface area contributed by atoms with Crippen LogP contribution in [0.15, 0.2) is 11.3 Å². The Labute approximate surface area is 164 Å². The van der Waals surface area contributed by atoms with Gasteiger partial charge in [0.05, 0.1) is 12.6 Å². The Kier molecular flexibility index (Phi) is 9.59. The van der Waals surface area contributed by atoms with Crippen molar-refractivity contribution in [3.05, 3.63) is 12.2 Å². The van der Waals surface area contributed by atoms with Gasteiger partial charge in [0.15, 0.2) is 5.96 Å². The van der Waals surface area contributed by atoms with Gasteiger partial charge in [0.25, 0.3) is 0 Å². The number of aromatic nitrogens is 3. The molecule has 2 heterocycles. The van der Waals surface area contributed by atoms with E-state index in [0.717, 1.165) is 69.6 Å². The summed E-state index contributed by atoms with van der Waals surface area (Å²) in [7, 11) is 0. The van der Waals surface area contributed by atoms with Crippen LogP contribution in [0.2, 0.25) is 0 Å². The molecule has 0 aromatic carbocycles. The van der Waals surface area contributed by atoms with Crippen LogP contribution in [0.25, 0.3) is 0 Å². The van der Waals surface area contributed by atoms with Gasteiger partial charge < -0.3 is 19.9 Å². The van der Waals surface area contributed by atoms with Crippen molar-refractivity contribution >= 4 is 5.96 Å². The molecule has 2 atom stereocenters. The number of rotatable bonds is 11. The third-order valence-electron chi connectivity index (χ3n) is 4.94. The van der Waals surface area contributed by atoms with Crippen LogP contribution in [0, 0.1) is 5.92 Å². The minimum absolute atomic E-state index is 0.268. The zero-order valence-electron chi connectivity index (χ0n) is 17.6. The molecule has 0 saturated carbocycles. The summed E-state index contributed by atoms with van der Waals surface area (Å²) in [6.07, 6.45) is 8.89. The number of nitrogens with zero attached hydrogens (tertiary/aromatic N) is 4. The fourth-order valence-corrected chi connectivity index (χ4v) is 3.31. The topological polar surface area (TPSA) is 76.4 Å². The molecule has 0 aliphatic carbocycles. The van der Waals surface area contributed by atoms with Gasteiger partial charge in [0.2, 0.25) is 0 Å². The molecule has 27 heavy (non-hydrogen) atoms. The molecule has 1 aromatic heterocycles. The molecular weight excluding hydrogens is 340 g/mol. The molecule has 2 N–H and O–H groups in total. The van der Waals surface area contributed by atoms with E-state index in [2.05, 4.69) is 53.1 Å². The fraction of sp³-hybridized carbons (Fsp3) is 0.850. The molecule has 154 valence electrons. The van der Waals surface area contributed by atoms with Gasteiger partial charge in [-0.1, -0.05) is 33.6 Å². The van der Waals surface area contributed by atoms with Gasteiger partial charge >= 0.3 is 0 Å². The van der Waals surface area contributed by atoms with E-state index in [9.17, 15) is 0 Å². The lowest BCUT2D eigenvalue weighted by molar-refractivity contribution is 0.117. The summed E-state index contributed by atoms with van der Waals surface area (Å²) in [5.41, 5.74) is 0. The minimum atomic E-state index is 0.268. The molecule has 2 unspecified atom stereocenters. The van der Waals surface area contributed by atoms with E-state index < -0.39 is 0 Å². The Balaban J connectivity index is 1.83. The zero-order valence-corrected chi connectivity index (χ0v) is 17.6. The number of aliphatic imine (C=N–C) groups is 1. The lowest BCUT2D eigenvalue weighted by atomic mass is 10.0. The summed E-state index contributed by atoms with van der Waals surface area (Å²) in [5, 5.41) is 15.2. The van der Waals surface area contributed by atoms with Gasteiger partial charge in [0, 0.05) is 32.2 Å². The van der Waals surface area contributed by atoms with Crippen molar-refractivity contribution in [2.75, 3.05) is 19.7 Å². The SMILES string of the molecule is CCc1nncn1CCNC(=NCC1CCCO1)NC(C)CCCC(C)C. The quantitative estimate of drug-likeness (QED) is 0.457. The first kappa shape index (κ1) is 21.7. The molecule has 0 bridgehead atoms. The van der Waals surface area contributed by atoms with Crippen molar-refractivity contribution in [2.45, 2.75) is 84.9 Å². The molecule has 1 saturated heterocycles. The van der Waals surface area contributed by atoms with E-state index in [1.54, 1.807) is 6.33 Å². The molecule has 0 radical (unpaired) electrons. The molecule has 1 aliphatic heterocycles. The summed E-state index contributed by atoms with van der Waals surface area (Å²) < 4.78 is 7.80. The van der Waals surface area contributed by atoms with Crippen molar-refractivity contribution in [1.82, 2.24) is 25.4 Å². The van der Waals surface area contributed by atoms with Crippen LogP contribution in [0.5, 0.6) is 0 Å². The van der Waals surface area contributed by atoms with Gasteiger partial charge in [-0.05, 0) is 32.1 Å². The summed E-state index contributed by atoms with van der Waals surface area (Å²) in [5.74, 6) is 2.66. The number of aryl methyl sites for hydroxylation is 1. The van der Waals surface area contributed by atoms with Crippen molar-refractivity contribution in [1.29, 1.82) is 0 Å². The Morgan fingerprint density at radius 3 is 2.93 bits per heavy atom. The van der Waals surface area contributed by atoms with Crippen LogP contribution in [0.3, 0.4) is 0 Å². The van der Waals surface area contributed by atoms with Crippen LogP contribution >= 0.6 is 0 Å². The number of ether oxygens (including phenoxy) is 1. The van der Waals surface area contributed by atoms with Gasteiger partial charge in [0.1, 0.15) is 12.2 Å². The van der Waals surface area contributed by atoms with Crippen LogP contribution in [-0.2, 0) is 17.7 Å². The van der Waals surface area contributed by atoms with Crippen molar-refractivity contribution < 1.29 is 4.74 Å². The molecular formula is C20H38N6O. The smallest absolute Gasteiger partial charge is 0.191 e. The van der Waals surface area contributed by atoms with Gasteiger partial charge in [-0.15, -0.1) is 10.2 Å². The average molecular weight is 379 g/mol. The third kappa shape index (κ3) is 8.28. The van der Waals surface area contributed by atoms with Crippen LogP contribution < -0.4 is 10.6 Å². The zero-order chi connectivity index (χ0) is 19.5. The lowest BCUT2D eigenvalue weighted by Crippen LogP contribution is -2.43. The van der Waals surface area contributed by atoms with Crippen LogP contribution in [0.1, 0.15) is 65.6 Å². The summed E-state index contributed by atoms with van der Waals surface area (Å²) in [6, 6.07) is 0.403. The molecule has 2 rings (SSSR count). The third-order valence-corrected chi connectivity index (χ3v) is 4.94. The monoisotopic (exact) mass is 378 g/mol. The van der Waals surface area contributed by atoms with Gasteiger partial charge in [-0.3, -0.25) is 4.99 Å². The number of nitrogens with one attached hydrogen (secondary N) is 2. The van der Waals surface area contributed by atoms with Gasteiger partial charge in [-0.25, -0.2) is 0 Å². The second-order valence-corrected chi connectivity index (χ2v) is 7.92.